The SMILES string of the molecule is O=C(CCn1c(=O)oc2cc(S(=O)(=O)N3CCCC3)ccc21)N[C@@H]1CCSc2ccccc21. The lowest BCUT2D eigenvalue weighted by Crippen LogP contribution is -2.31. The molecule has 8 nitrogen and oxygen atoms in total. The Labute approximate surface area is 196 Å². The largest absolute Gasteiger partial charge is 0.419 e. The van der Waals surface area contributed by atoms with Gasteiger partial charge in [0.2, 0.25) is 15.9 Å². The number of sulfonamides is 1. The van der Waals surface area contributed by atoms with Crippen molar-refractivity contribution in [2.75, 3.05) is 18.8 Å². The maximum atomic E-state index is 12.8. The lowest BCUT2D eigenvalue weighted by Gasteiger charge is -2.25. The number of nitrogens with one attached hydrogen (secondary N) is 1. The number of aryl methyl sites for hydroxylation is 1. The average molecular weight is 488 g/mol. The molecule has 0 saturated carbocycles. The van der Waals surface area contributed by atoms with E-state index in [0.29, 0.717) is 18.6 Å². The minimum atomic E-state index is -3.60. The Morgan fingerprint density at radius 1 is 1.15 bits per heavy atom. The third-order valence-corrected chi connectivity index (χ3v) is 9.22. The topological polar surface area (TPSA) is 102 Å². The summed E-state index contributed by atoms with van der Waals surface area (Å²) in [4.78, 5) is 26.4. The highest BCUT2D eigenvalue weighted by Crippen LogP contribution is 2.35. The fraction of sp³-hybridized carbons (Fsp3) is 0.391. The molecule has 1 atom stereocenters. The highest BCUT2D eigenvalue weighted by molar-refractivity contribution is 7.99. The van der Waals surface area contributed by atoms with Crippen molar-refractivity contribution in [1.82, 2.24) is 14.2 Å². The van der Waals surface area contributed by atoms with Gasteiger partial charge in [-0.15, -0.1) is 11.8 Å². The maximum absolute atomic E-state index is 12.8. The predicted molar refractivity (Wildman–Crippen MR) is 126 cm³/mol. The first-order valence-electron chi connectivity index (χ1n) is 11.1. The minimum absolute atomic E-state index is 0.0360. The van der Waals surface area contributed by atoms with E-state index >= 15 is 0 Å². The summed E-state index contributed by atoms with van der Waals surface area (Å²) in [6.45, 7) is 1.16. The highest BCUT2D eigenvalue weighted by Gasteiger charge is 2.28. The number of carbonyl (C=O) groups is 1. The molecule has 1 aromatic heterocycles. The number of fused-ring (bicyclic) bond motifs is 2. The van der Waals surface area contributed by atoms with Crippen LogP contribution in [-0.2, 0) is 21.4 Å². The van der Waals surface area contributed by atoms with Crippen LogP contribution < -0.4 is 11.1 Å². The number of nitrogens with zero attached hydrogens (tertiary/aromatic N) is 2. The molecule has 1 N–H and O–H groups in total. The fourth-order valence-corrected chi connectivity index (χ4v) is 7.13. The van der Waals surface area contributed by atoms with Crippen molar-refractivity contribution in [3.8, 4) is 0 Å². The number of hydrogen-bond acceptors (Lipinski definition) is 6. The van der Waals surface area contributed by atoms with E-state index in [-0.39, 0.29) is 35.4 Å². The Morgan fingerprint density at radius 3 is 2.76 bits per heavy atom. The Morgan fingerprint density at radius 2 is 1.94 bits per heavy atom. The van der Waals surface area contributed by atoms with Crippen LogP contribution in [0, 0.1) is 0 Å². The van der Waals surface area contributed by atoms with Gasteiger partial charge in [-0.2, -0.15) is 4.31 Å². The zero-order valence-corrected chi connectivity index (χ0v) is 19.7. The van der Waals surface area contributed by atoms with E-state index < -0.39 is 15.8 Å². The van der Waals surface area contributed by atoms with E-state index in [0.717, 1.165) is 30.6 Å². The van der Waals surface area contributed by atoms with Gasteiger partial charge < -0.3 is 9.73 Å². The molecule has 1 fully saturated rings. The molecule has 10 heteroatoms. The summed E-state index contributed by atoms with van der Waals surface area (Å²) in [6.07, 6.45) is 2.67. The summed E-state index contributed by atoms with van der Waals surface area (Å²) in [7, 11) is -3.60. The monoisotopic (exact) mass is 487 g/mol. The summed E-state index contributed by atoms with van der Waals surface area (Å²) in [5.74, 6) is 0.195. The van der Waals surface area contributed by atoms with Crippen LogP contribution in [0.5, 0.6) is 0 Å². The van der Waals surface area contributed by atoms with Gasteiger partial charge in [-0.3, -0.25) is 9.36 Å². The van der Waals surface area contributed by atoms with Gasteiger partial charge in [0, 0.05) is 42.8 Å². The van der Waals surface area contributed by atoms with Crippen LogP contribution in [0.2, 0.25) is 0 Å². The van der Waals surface area contributed by atoms with Crippen molar-refractivity contribution in [3.05, 3.63) is 58.6 Å². The van der Waals surface area contributed by atoms with Crippen molar-refractivity contribution in [3.63, 3.8) is 0 Å². The molecular formula is C23H25N3O5S2. The number of rotatable bonds is 6. The summed E-state index contributed by atoms with van der Waals surface area (Å²) in [5, 5.41) is 3.08. The molecule has 0 unspecified atom stereocenters. The third kappa shape index (κ3) is 4.34. The van der Waals surface area contributed by atoms with Crippen LogP contribution in [0.3, 0.4) is 0 Å². The number of hydrogen-bond donors (Lipinski definition) is 1. The van der Waals surface area contributed by atoms with E-state index in [1.54, 1.807) is 17.8 Å². The molecule has 0 radical (unpaired) electrons. The second-order valence-corrected chi connectivity index (χ2v) is 11.4. The van der Waals surface area contributed by atoms with Gasteiger partial charge >= 0.3 is 5.76 Å². The molecule has 3 aromatic rings. The number of aromatic nitrogens is 1. The molecule has 1 saturated heterocycles. The number of benzene rings is 2. The minimum Gasteiger partial charge on any atom is -0.408 e. The lowest BCUT2D eigenvalue weighted by molar-refractivity contribution is -0.122. The molecule has 2 aliphatic heterocycles. The zero-order chi connectivity index (χ0) is 23.0. The van der Waals surface area contributed by atoms with E-state index in [1.165, 1.54) is 25.9 Å². The molecule has 2 aromatic carbocycles. The quantitative estimate of drug-likeness (QED) is 0.573. The highest BCUT2D eigenvalue weighted by atomic mass is 32.2. The Balaban J connectivity index is 1.30. The number of amides is 1. The van der Waals surface area contributed by atoms with Crippen LogP contribution in [0.1, 0.15) is 37.3 Å². The van der Waals surface area contributed by atoms with E-state index in [9.17, 15) is 18.0 Å². The molecule has 1 amide bonds. The van der Waals surface area contributed by atoms with Crippen LogP contribution in [0.4, 0.5) is 0 Å². The van der Waals surface area contributed by atoms with Crippen molar-refractivity contribution in [2.45, 2.75) is 48.1 Å². The van der Waals surface area contributed by atoms with Gasteiger partial charge in [0.05, 0.1) is 16.5 Å². The zero-order valence-electron chi connectivity index (χ0n) is 18.0. The molecule has 5 rings (SSSR count). The molecule has 174 valence electrons. The predicted octanol–water partition coefficient (Wildman–Crippen LogP) is 3.12. The van der Waals surface area contributed by atoms with Gasteiger partial charge in [0.1, 0.15) is 0 Å². The molecule has 0 spiro atoms. The van der Waals surface area contributed by atoms with Crippen LogP contribution in [0.25, 0.3) is 11.1 Å². The Hall–Kier alpha value is -2.56. The fourth-order valence-electron chi connectivity index (χ4n) is 4.47. The second-order valence-electron chi connectivity index (χ2n) is 8.31. The van der Waals surface area contributed by atoms with Crippen molar-refractivity contribution in [1.29, 1.82) is 0 Å². The first-order valence-corrected chi connectivity index (χ1v) is 13.5. The number of carbonyl (C=O) groups excluding carboxylic acids is 1. The average Bonchev–Trinajstić information content (AvgIpc) is 3.46. The Bertz CT molecular complexity index is 1360. The van der Waals surface area contributed by atoms with Gasteiger partial charge in [-0.1, -0.05) is 18.2 Å². The molecule has 3 heterocycles. The molecule has 0 bridgehead atoms. The lowest BCUT2D eigenvalue weighted by atomic mass is 10.0. The summed E-state index contributed by atoms with van der Waals surface area (Å²) < 4.78 is 33.8. The maximum Gasteiger partial charge on any atom is 0.419 e. The van der Waals surface area contributed by atoms with Gasteiger partial charge in [0.15, 0.2) is 5.58 Å². The van der Waals surface area contributed by atoms with E-state index in [4.69, 9.17) is 4.42 Å². The normalized spacial score (nSPS) is 19.0. The summed E-state index contributed by atoms with van der Waals surface area (Å²) in [5.41, 5.74) is 1.81. The first kappa shape index (κ1) is 22.2. The van der Waals surface area contributed by atoms with Crippen molar-refractivity contribution < 1.29 is 17.6 Å². The standard InChI is InChI=1S/C23H25N3O5S2/c27-22(24-18-10-14-32-21-6-2-1-5-17(18)21)9-13-26-19-8-7-16(15-20(19)31-23(26)28)33(29,30)25-11-3-4-12-25/h1-2,5-8,15,18H,3-4,9-14H2,(H,24,27)/t18-/m1/s1. The van der Waals surface area contributed by atoms with Crippen molar-refractivity contribution >= 4 is 38.8 Å². The van der Waals surface area contributed by atoms with E-state index in [2.05, 4.69) is 11.4 Å². The third-order valence-electron chi connectivity index (χ3n) is 6.20. The van der Waals surface area contributed by atoms with Crippen LogP contribution in [0.15, 0.2) is 61.5 Å². The first-order chi connectivity index (χ1) is 15.9. The molecular weight excluding hydrogens is 462 g/mol. The number of thioether (sulfide) groups is 1. The molecule has 33 heavy (non-hydrogen) atoms. The van der Waals surface area contributed by atoms with Gasteiger partial charge in [0.25, 0.3) is 0 Å². The van der Waals surface area contributed by atoms with Gasteiger partial charge in [-0.25, -0.2) is 13.2 Å². The van der Waals surface area contributed by atoms with Crippen LogP contribution >= 0.6 is 11.8 Å². The summed E-state index contributed by atoms with van der Waals surface area (Å²) >= 11 is 1.79. The Kier molecular flexibility index (Phi) is 6.07. The smallest absolute Gasteiger partial charge is 0.408 e. The summed E-state index contributed by atoms with van der Waals surface area (Å²) in [6, 6.07) is 12.5. The molecule has 2 aliphatic rings. The second kappa shape index (κ2) is 9.00. The van der Waals surface area contributed by atoms with Gasteiger partial charge in [-0.05, 0) is 43.0 Å². The van der Waals surface area contributed by atoms with Crippen molar-refractivity contribution in [2.24, 2.45) is 0 Å². The molecule has 0 aliphatic carbocycles. The van der Waals surface area contributed by atoms with Crippen LogP contribution in [-0.4, -0.2) is 42.0 Å². The van der Waals surface area contributed by atoms with E-state index in [1.807, 2.05) is 18.2 Å². The number of oxazole rings is 1.